The number of halogens is 2. The third-order valence-electron chi connectivity index (χ3n) is 1.83. The molecule has 1 aliphatic carbocycles. The fraction of sp³-hybridized carbons (Fsp3) is 0.667. The topological polar surface area (TPSA) is 38.9 Å². The van der Waals surface area contributed by atoms with Crippen LogP contribution in [-0.2, 0) is 0 Å². The summed E-state index contributed by atoms with van der Waals surface area (Å²) in [5.74, 6) is -2.31. The van der Waals surface area contributed by atoms with Crippen molar-refractivity contribution in [2.45, 2.75) is 24.7 Å². The van der Waals surface area contributed by atoms with Crippen molar-refractivity contribution in [1.29, 1.82) is 0 Å². The molecule has 0 N–H and O–H groups in total. The SMILES string of the molecule is FC1(F)CC(c2ncon2)C1. The highest BCUT2D eigenvalue weighted by molar-refractivity contribution is 5.04. The monoisotopic (exact) mass is 160 g/mol. The molecule has 1 aromatic heterocycles. The lowest BCUT2D eigenvalue weighted by Gasteiger charge is -2.32. The molecule has 0 aliphatic heterocycles. The standard InChI is InChI=1S/C6H6F2N2O/c7-6(8)1-4(2-6)5-9-3-11-10-5/h3-4H,1-2H2. The lowest BCUT2D eigenvalue weighted by molar-refractivity contribution is -0.0888. The first-order chi connectivity index (χ1) is 5.17. The molecule has 0 unspecified atom stereocenters. The van der Waals surface area contributed by atoms with Crippen LogP contribution in [0.2, 0.25) is 0 Å². The summed E-state index contributed by atoms with van der Waals surface area (Å²) in [5.41, 5.74) is 0. The van der Waals surface area contributed by atoms with Crippen molar-refractivity contribution in [3.05, 3.63) is 12.2 Å². The second kappa shape index (κ2) is 1.99. The van der Waals surface area contributed by atoms with Gasteiger partial charge in [0.15, 0.2) is 5.82 Å². The minimum atomic E-state index is -2.51. The lowest BCUT2D eigenvalue weighted by atomic mass is 9.81. The molecule has 1 saturated carbocycles. The van der Waals surface area contributed by atoms with Gasteiger partial charge in [-0.3, -0.25) is 0 Å². The number of alkyl halides is 2. The predicted octanol–water partition coefficient (Wildman–Crippen LogP) is 1.58. The molecule has 0 saturated heterocycles. The van der Waals surface area contributed by atoms with Crippen molar-refractivity contribution in [1.82, 2.24) is 10.1 Å². The third-order valence-corrected chi connectivity index (χ3v) is 1.83. The van der Waals surface area contributed by atoms with E-state index in [0.717, 1.165) is 6.39 Å². The smallest absolute Gasteiger partial charge is 0.249 e. The van der Waals surface area contributed by atoms with Gasteiger partial charge in [-0.1, -0.05) is 5.16 Å². The summed E-state index contributed by atoms with van der Waals surface area (Å²) in [5, 5.41) is 3.48. The number of nitrogens with zero attached hydrogens (tertiary/aromatic N) is 2. The van der Waals surface area contributed by atoms with E-state index in [0.29, 0.717) is 5.82 Å². The third kappa shape index (κ3) is 1.10. The molecule has 0 aromatic carbocycles. The van der Waals surface area contributed by atoms with Gasteiger partial charge in [0.1, 0.15) is 0 Å². The van der Waals surface area contributed by atoms with Crippen LogP contribution in [0.3, 0.4) is 0 Å². The maximum atomic E-state index is 12.3. The van der Waals surface area contributed by atoms with Crippen LogP contribution in [0.15, 0.2) is 10.9 Å². The van der Waals surface area contributed by atoms with E-state index in [2.05, 4.69) is 14.7 Å². The molecule has 60 valence electrons. The summed E-state index contributed by atoms with van der Waals surface area (Å²) >= 11 is 0. The molecular formula is C6H6F2N2O. The molecule has 0 spiro atoms. The summed E-state index contributed by atoms with van der Waals surface area (Å²) in [6.07, 6.45) is 0.866. The van der Waals surface area contributed by atoms with Crippen molar-refractivity contribution in [2.75, 3.05) is 0 Å². The Hall–Kier alpha value is -1.00. The molecule has 0 atom stereocenters. The Balaban J connectivity index is 2.03. The molecule has 0 bridgehead atoms. The number of aromatic nitrogens is 2. The van der Waals surface area contributed by atoms with Crippen LogP contribution in [-0.4, -0.2) is 16.1 Å². The lowest BCUT2D eigenvalue weighted by Crippen LogP contribution is -2.34. The molecule has 2 rings (SSSR count). The van der Waals surface area contributed by atoms with Crippen molar-refractivity contribution < 1.29 is 13.3 Å². The van der Waals surface area contributed by atoms with E-state index in [4.69, 9.17) is 0 Å². The number of rotatable bonds is 1. The first kappa shape index (κ1) is 6.69. The predicted molar refractivity (Wildman–Crippen MR) is 31.2 cm³/mol. The fourth-order valence-corrected chi connectivity index (χ4v) is 1.20. The quantitative estimate of drug-likeness (QED) is 0.626. The van der Waals surface area contributed by atoms with Crippen molar-refractivity contribution >= 4 is 0 Å². The Morgan fingerprint density at radius 2 is 2.27 bits per heavy atom. The van der Waals surface area contributed by atoms with Gasteiger partial charge in [-0.05, 0) is 0 Å². The second-order valence-corrected chi connectivity index (χ2v) is 2.75. The highest BCUT2D eigenvalue weighted by Crippen LogP contribution is 2.46. The largest absolute Gasteiger partial charge is 0.343 e. The van der Waals surface area contributed by atoms with Crippen molar-refractivity contribution in [2.24, 2.45) is 0 Å². The van der Waals surface area contributed by atoms with Crippen LogP contribution in [0, 0.1) is 0 Å². The van der Waals surface area contributed by atoms with Crippen LogP contribution in [0.5, 0.6) is 0 Å². The molecule has 0 radical (unpaired) electrons. The van der Waals surface area contributed by atoms with Gasteiger partial charge < -0.3 is 4.52 Å². The average Bonchev–Trinajstić information content (AvgIpc) is 2.32. The van der Waals surface area contributed by atoms with Crippen LogP contribution in [0.25, 0.3) is 0 Å². The van der Waals surface area contributed by atoms with Gasteiger partial charge in [-0.2, -0.15) is 4.98 Å². The number of hydrogen-bond acceptors (Lipinski definition) is 3. The van der Waals surface area contributed by atoms with Crippen LogP contribution < -0.4 is 0 Å². The summed E-state index contributed by atoms with van der Waals surface area (Å²) in [6.45, 7) is 0. The van der Waals surface area contributed by atoms with E-state index < -0.39 is 5.92 Å². The van der Waals surface area contributed by atoms with Crippen molar-refractivity contribution in [3.63, 3.8) is 0 Å². The zero-order valence-electron chi connectivity index (χ0n) is 5.63. The molecule has 1 heterocycles. The molecule has 1 aromatic rings. The summed E-state index contributed by atoms with van der Waals surface area (Å²) in [7, 11) is 0. The zero-order chi connectivity index (χ0) is 7.90. The second-order valence-electron chi connectivity index (χ2n) is 2.75. The van der Waals surface area contributed by atoms with Gasteiger partial charge >= 0.3 is 0 Å². The Morgan fingerprint density at radius 3 is 2.73 bits per heavy atom. The molecular weight excluding hydrogens is 154 g/mol. The molecule has 11 heavy (non-hydrogen) atoms. The van der Waals surface area contributed by atoms with Gasteiger partial charge in [0.05, 0.1) is 0 Å². The maximum absolute atomic E-state index is 12.3. The van der Waals surface area contributed by atoms with E-state index in [1.54, 1.807) is 0 Å². The van der Waals surface area contributed by atoms with E-state index in [-0.39, 0.29) is 18.8 Å². The summed E-state index contributed by atoms with van der Waals surface area (Å²) in [4.78, 5) is 3.69. The highest BCUT2D eigenvalue weighted by atomic mass is 19.3. The average molecular weight is 160 g/mol. The molecule has 1 fully saturated rings. The maximum Gasteiger partial charge on any atom is 0.249 e. The van der Waals surface area contributed by atoms with Crippen molar-refractivity contribution in [3.8, 4) is 0 Å². The van der Waals surface area contributed by atoms with Crippen LogP contribution in [0.1, 0.15) is 24.6 Å². The molecule has 1 aliphatic rings. The van der Waals surface area contributed by atoms with E-state index in [1.807, 2.05) is 0 Å². The van der Waals surface area contributed by atoms with Gasteiger partial charge in [0.25, 0.3) is 0 Å². The first-order valence-electron chi connectivity index (χ1n) is 3.31. The van der Waals surface area contributed by atoms with E-state index >= 15 is 0 Å². The zero-order valence-corrected chi connectivity index (χ0v) is 5.63. The van der Waals surface area contributed by atoms with Crippen LogP contribution >= 0.6 is 0 Å². The fourth-order valence-electron chi connectivity index (χ4n) is 1.20. The summed E-state index contributed by atoms with van der Waals surface area (Å²) in [6, 6.07) is 0. The number of hydrogen-bond donors (Lipinski definition) is 0. The van der Waals surface area contributed by atoms with E-state index in [1.165, 1.54) is 0 Å². The van der Waals surface area contributed by atoms with Gasteiger partial charge in [-0.25, -0.2) is 8.78 Å². The van der Waals surface area contributed by atoms with E-state index in [9.17, 15) is 8.78 Å². The molecule has 0 amide bonds. The molecule has 5 heteroatoms. The van der Waals surface area contributed by atoms with Gasteiger partial charge in [-0.15, -0.1) is 0 Å². The minimum Gasteiger partial charge on any atom is -0.343 e. The molecule has 3 nitrogen and oxygen atoms in total. The Morgan fingerprint density at radius 1 is 1.55 bits per heavy atom. The minimum absolute atomic E-state index is 0.146. The Labute approximate surface area is 61.4 Å². The van der Waals surface area contributed by atoms with Gasteiger partial charge in [0.2, 0.25) is 12.3 Å². The normalized spacial score (nSPS) is 23.1. The Bertz CT molecular complexity index is 239. The Kier molecular flexibility index (Phi) is 1.21. The first-order valence-corrected chi connectivity index (χ1v) is 3.31. The van der Waals surface area contributed by atoms with Gasteiger partial charge in [0, 0.05) is 18.8 Å². The van der Waals surface area contributed by atoms with Crippen LogP contribution in [0.4, 0.5) is 8.78 Å². The summed E-state index contributed by atoms with van der Waals surface area (Å²) < 4.78 is 29.0. The highest BCUT2D eigenvalue weighted by Gasteiger charge is 2.47.